The largest absolute Gasteiger partial charge is 0.492 e. The third kappa shape index (κ3) is 7.71. The summed E-state index contributed by atoms with van der Waals surface area (Å²) < 4.78 is 5.81. The maximum Gasteiger partial charge on any atom is 0.191 e. The quantitative estimate of drug-likeness (QED) is 0.527. The first-order valence-electron chi connectivity index (χ1n) is 9.51. The van der Waals surface area contributed by atoms with E-state index in [1.54, 1.807) is 0 Å². The molecule has 0 radical (unpaired) electrons. The Morgan fingerprint density at radius 1 is 1.07 bits per heavy atom. The molecule has 0 atom stereocenters. The van der Waals surface area contributed by atoms with E-state index in [1.165, 1.54) is 11.1 Å². The molecule has 27 heavy (non-hydrogen) atoms. The molecule has 2 N–H and O–H groups in total. The number of nitrogens with zero attached hydrogens (tertiary/aromatic N) is 2. The highest BCUT2D eigenvalue weighted by atomic mass is 16.5. The zero-order valence-electron chi connectivity index (χ0n) is 17.0. The zero-order valence-corrected chi connectivity index (χ0v) is 17.0. The predicted octanol–water partition coefficient (Wildman–Crippen LogP) is 3.19. The molecule has 0 heterocycles. The van der Waals surface area contributed by atoms with Crippen molar-refractivity contribution in [3.63, 3.8) is 0 Å². The average molecular weight is 369 g/mol. The van der Waals surface area contributed by atoms with Crippen molar-refractivity contribution < 1.29 is 4.74 Å². The molecule has 0 aliphatic rings. The smallest absolute Gasteiger partial charge is 0.191 e. The predicted molar refractivity (Wildman–Crippen MR) is 113 cm³/mol. The number of guanidine groups is 1. The van der Waals surface area contributed by atoms with Gasteiger partial charge < -0.3 is 20.3 Å². The number of aliphatic imine (C=N–C) groups is 1. The minimum atomic E-state index is 0.605. The van der Waals surface area contributed by atoms with Crippen molar-refractivity contribution in [2.24, 2.45) is 4.99 Å². The number of aryl methyl sites for hydroxylation is 1. The molecule has 0 bridgehead atoms. The van der Waals surface area contributed by atoms with Crippen LogP contribution in [-0.2, 0) is 13.1 Å². The summed E-state index contributed by atoms with van der Waals surface area (Å²) in [7, 11) is 4.08. The van der Waals surface area contributed by atoms with Gasteiger partial charge in [-0.15, -0.1) is 0 Å². The average Bonchev–Trinajstić information content (AvgIpc) is 2.65. The Balaban J connectivity index is 1.94. The van der Waals surface area contributed by atoms with Crippen molar-refractivity contribution in [1.82, 2.24) is 15.5 Å². The molecular formula is C22H32N4O. The molecule has 5 heteroatoms. The molecule has 0 spiro atoms. The second-order valence-electron chi connectivity index (χ2n) is 6.77. The van der Waals surface area contributed by atoms with Crippen molar-refractivity contribution in [2.45, 2.75) is 26.9 Å². The van der Waals surface area contributed by atoms with E-state index in [4.69, 9.17) is 9.73 Å². The Labute approximate surface area is 163 Å². The van der Waals surface area contributed by atoms with Gasteiger partial charge in [0.15, 0.2) is 5.96 Å². The summed E-state index contributed by atoms with van der Waals surface area (Å²) in [5, 5.41) is 6.72. The van der Waals surface area contributed by atoms with E-state index in [-0.39, 0.29) is 0 Å². The lowest BCUT2D eigenvalue weighted by atomic mass is 10.1. The monoisotopic (exact) mass is 368 g/mol. The van der Waals surface area contributed by atoms with Gasteiger partial charge in [-0.25, -0.2) is 4.99 Å². The Bertz CT molecular complexity index is 728. The van der Waals surface area contributed by atoms with Crippen molar-refractivity contribution in [3.8, 4) is 5.75 Å². The number of rotatable bonds is 9. The lowest BCUT2D eigenvalue weighted by molar-refractivity contribution is 0.261. The van der Waals surface area contributed by atoms with Crippen LogP contribution in [0.3, 0.4) is 0 Å². The molecule has 0 unspecified atom stereocenters. The Morgan fingerprint density at radius 3 is 2.63 bits per heavy atom. The zero-order chi connectivity index (χ0) is 19.5. The standard InChI is InChI=1S/C22H32N4O/c1-5-23-22(25-17-20-11-7-6-9-18(20)2)24-16-19-10-8-12-21(15-19)27-14-13-26(3)4/h6-12,15H,5,13-14,16-17H2,1-4H3,(H2,23,24,25). The molecule has 2 rings (SSSR count). The fraction of sp³-hybridized carbons (Fsp3) is 0.409. The molecular weight excluding hydrogens is 336 g/mol. The first kappa shape index (κ1) is 20.8. The van der Waals surface area contributed by atoms with Gasteiger partial charge >= 0.3 is 0 Å². The molecule has 5 nitrogen and oxygen atoms in total. The van der Waals surface area contributed by atoms with E-state index >= 15 is 0 Å². The molecule has 2 aromatic rings. The minimum absolute atomic E-state index is 0.605. The van der Waals surface area contributed by atoms with Crippen molar-refractivity contribution >= 4 is 5.96 Å². The summed E-state index contributed by atoms with van der Waals surface area (Å²) >= 11 is 0. The third-order valence-corrected chi connectivity index (χ3v) is 4.18. The van der Waals surface area contributed by atoms with Crippen LogP contribution in [0.4, 0.5) is 0 Å². The Morgan fingerprint density at radius 2 is 1.89 bits per heavy atom. The van der Waals surface area contributed by atoms with Gasteiger partial charge in [0.1, 0.15) is 12.4 Å². The lowest BCUT2D eigenvalue weighted by Crippen LogP contribution is -2.36. The molecule has 0 aliphatic carbocycles. The Kier molecular flexibility index (Phi) is 8.65. The SMILES string of the molecule is CCNC(=NCc1cccc(OCCN(C)C)c1)NCc1ccccc1C. The van der Waals surface area contributed by atoms with Gasteiger partial charge in [-0.3, -0.25) is 0 Å². The first-order chi connectivity index (χ1) is 13.1. The molecule has 0 saturated heterocycles. The summed E-state index contributed by atoms with van der Waals surface area (Å²) in [5.41, 5.74) is 3.69. The molecule has 0 aromatic heterocycles. The van der Waals surface area contributed by atoms with Crippen LogP contribution in [0.5, 0.6) is 5.75 Å². The van der Waals surface area contributed by atoms with Gasteiger partial charge in [0.25, 0.3) is 0 Å². The number of hydrogen-bond acceptors (Lipinski definition) is 3. The van der Waals surface area contributed by atoms with Gasteiger partial charge in [0, 0.05) is 19.6 Å². The maximum atomic E-state index is 5.81. The molecule has 146 valence electrons. The van der Waals surface area contributed by atoms with Crippen LogP contribution in [0.15, 0.2) is 53.5 Å². The van der Waals surface area contributed by atoms with Gasteiger partial charge in [-0.1, -0.05) is 36.4 Å². The van der Waals surface area contributed by atoms with Crippen LogP contribution >= 0.6 is 0 Å². The van der Waals surface area contributed by atoms with E-state index in [2.05, 4.69) is 65.8 Å². The van der Waals surface area contributed by atoms with Crippen LogP contribution in [-0.4, -0.2) is 44.7 Å². The second-order valence-corrected chi connectivity index (χ2v) is 6.77. The molecule has 0 fully saturated rings. The highest BCUT2D eigenvalue weighted by molar-refractivity contribution is 5.79. The first-order valence-corrected chi connectivity index (χ1v) is 9.51. The second kappa shape index (κ2) is 11.2. The third-order valence-electron chi connectivity index (χ3n) is 4.18. The number of nitrogens with one attached hydrogen (secondary N) is 2. The maximum absolute atomic E-state index is 5.81. The van der Waals surface area contributed by atoms with Gasteiger partial charge in [0.05, 0.1) is 6.54 Å². The molecule has 0 amide bonds. The van der Waals surface area contributed by atoms with Crippen LogP contribution in [0.2, 0.25) is 0 Å². The Hall–Kier alpha value is -2.53. The van der Waals surface area contributed by atoms with Crippen LogP contribution in [0, 0.1) is 6.92 Å². The number of ether oxygens (including phenoxy) is 1. The highest BCUT2D eigenvalue weighted by Gasteiger charge is 2.02. The normalized spacial score (nSPS) is 11.5. The minimum Gasteiger partial charge on any atom is -0.492 e. The molecule has 0 aliphatic heterocycles. The summed E-state index contributed by atoms with van der Waals surface area (Å²) in [4.78, 5) is 6.82. The molecule has 2 aromatic carbocycles. The fourth-order valence-corrected chi connectivity index (χ4v) is 2.58. The number of likely N-dealkylation sites (N-methyl/N-ethyl adjacent to an activating group) is 1. The number of hydrogen-bond donors (Lipinski definition) is 2. The molecule has 0 saturated carbocycles. The number of benzene rings is 2. The van der Waals surface area contributed by atoms with E-state index < -0.39 is 0 Å². The van der Waals surface area contributed by atoms with Crippen LogP contribution in [0.1, 0.15) is 23.6 Å². The van der Waals surface area contributed by atoms with E-state index in [0.717, 1.165) is 36.9 Å². The summed E-state index contributed by atoms with van der Waals surface area (Å²) in [6, 6.07) is 16.5. The topological polar surface area (TPSA) is 48.9 Å². The van der Waals surface area contributed by atoms with Crippen molar-refractivity contribution in [1.29, 1.82) is 0 Å². The highest BCUT2D eigenvalue weighted by Crippen LogP contribution is 2.14. The van der Waals surface area contributed by atoms with E-state index in [0.29, 0.717) is 13.2 Å². The van der Waals surface area contributed by atoms with Crippen LogP contribution in [0.25, 0.3) is 0 Å². The van der Waals surface area contributed by atoms with Crippen molar-refractivity contribution in [2.75, 3.05) is 33.8 Å². The van der Waals surface area contributed by atoms with Crippen LogP contribution < -0.4 is 15.4 Å². The van der Waals surface area contributed by atoms with E-state index in [9.17, 15) is 0 Å². The van der Waals surface area contributed by atoms with Gasteiger partial charge in [-0.2, -0.15) is 0 Å². The fourth-order valence-electron chi connectivity index (χ4n) is 2.58. The summed E-state index contributed by atoms with van der Waals surface area (Å²) in [5.74, 6) is 1.71. The van der Waals surface area contributed by atoms with Crippen molar-refractivity contribution in [3.05, 3.63) is 65.2 Å². The van der Waals surface area contributed by atoms with E-state index in [1.807, 2.05) is 26.2 Å². The van der Waals surface area contributed by atoms with Gasteiger partial charge in [0.2, 0.25) is 0 Å². The lowest BCUT2D eigenvalue weighted by Gasteiger charge is -2.13. The van der Waals surface area contributed by atoms with Gasteiger partial charge in [-0.05, 0) is 56.8 Å². The summed E-state index contributed by atoms with van der Waals surface area (Å²) in [6.07, 6.45) is 0. The summed E-state index contributed by atoms with van der Waals surface area (Å²) in [6.45, 7) is 7.97.